The molecule has 0 radical (unpaired) electrons. The first kappa shape index (κ1) is 14.5. The van der Waals surface area contributed by atoms with Gasteiger partial charge in [0.1, 0.15) is 0 Å². The molecule has 1 N–H and O–H groups in total. The van der Waals surface area contributed by atoms with Crippen LogP contribution in [-0.4, -0.2) is 42.3 Å². The maximum Gasteiger partial charge on any atom is 0.335 e. The van der Waals surface area contributed by atoms with E-state index in [0.717, 1.165) is 18.5 Å². The highest BCUT2D eigenvalue weighted by Crippen LogP contribution is 2.58. The van der Waals surface area contributed by atoms with Crippen LogP contribution < -0.4 is 0 Å². The van der Waals surface area contributed by atoms with Gasteiger partial charge in [0.15, 0.2) is 0 Å². The Morgan fingerprint density at radius 3 is 2.52 bits per heavy atom. The highest BCUT2D eigenvalue weighted by Gasteiger charge is 2.59. The molecule has 2 saturated carbocycles. The van der Waals surface area contributed by atoms with Gasteiger partial charge in [-0.3, -0.25) is 4.90 Å². The summed E-state index contributed by atoms with van der Waals surface area (Å²) in [6.07, 6.45) is 5.40. The minimum atomic E-state index is -0.870. The van der Waals surface area contributed by atoms with Gasteiger partial charge in [-0.2, -0.15) is 0 Å². The second-order valence-corrected chi connectivity index (χ2v) is 6.48. The van der Waals surface area contributed by atoms with Crippen molar-refractivity contribution in [3.63, 3.8) is 0 Å². The van der Waals surface area contributed by atoms with E-state index in [9.17, 15) is 4.79 Å². The third-order valence-electron chi connectivity index (χ3n) is 5.48. The SMILES string of the molecule is CO[C@H]1C[C@H](N(C)Cc2ccc(C(=O)O)cc2)C12CCC2. The van der Waals surface area contributed by atoms with Crippen LogP contribution in [0.2, 0.25) is 0 Å². The fourth-order valence-electron chi connectivity index (χ4n) is 4.07. The number of ether oxygens (including phenoxy) is 1. The van der Waals surface area contributed by atoms with Crippen molar-refractivity contribution in [1.29, 1.82) is 0 Å². The van der Waals surface area contributed by atoms with Crippen LogP contribution in [0.3, 0.4) is 0 Å². The van der Waals surface area contributed by atoms with E-state index in [1.165, 1.54) is 19.3 Å². The number of carboxylic acid groups (broad SMARTS) is 1. The zero-order valence-electron chi connectivity index (χ0n) is 12.7. The lowest BCUT2D eigenvalue weighted by Gasteiger charge is -2.63. The molecule has 21 heavy (non-hydrogen) atoms. The van der Waals surface area contributed by atoms with E-state index < -0.39 is 5.97 Å². The van der Waals surface area contributed by atoms with Crippen molar-refractivity contribution in [2.75, 3.05) is 14.2 Å². The van der Waals surface area contributed by atoms with Crippen molar-refractivity contribution < 1.29 is 14.6 Å². The van der Waals surface area contributed by atoms with Gasteiger partial charge in [0, 0.05) is 25.1 Å². The average Bonchev–Trinajstić information content (AvgIpc) is 2.36. The van der Waals surface area contributed by atoms with Crippen molar-refractivity contribution in [3.8, 4) is 0 Å². The maximum atomic E-state index is 10.9. The summed E-state index contributed by atoms with van der Waals surface area (Å²) in [6.45, 7) is 0.864. The van der Waals surface area contributed by atoms with Crippen LogP contribution in [0.15, 0.2) is 24.3 Å². The predicted molar refractivity (Wildman–Crippen MR) is 80.4 cm³/mol. The molecule has 0 aromatic heterocycles. The highest BCUT2D eigenvalue weighted by molar-refractivity contribution is 5.87. The summed E-state index contributed by atoms with van der Waals surface area (Å²) in [7, 11) is 3.99. The average molecular weight is 289 g/mol. The second kappa shape index (κ2) is 5.43. The summed E-state index contributed by atoms with van der Waals surface area (Å²) in [5.41, 5.74) is 1.89. The van der Waals surface area contributed by atoms with Crippen LogP contribution in [0.4, 0.5) is 0 Å². The van der Waals surface area contributed by atoms with Crippen molar-refractivity contribution in [3.05, 3.63) is 35.4 Å². The number of hydrogen-bond acceptors (Lipinski definition) is 3. The summed E-state index contributed by atoms with van der Waals surface area (Å²) in [5.74, 6) is -0.870. The summed E-state index contributed by atoms with van der Waals surface area (Å²) in [4.78, 5) is 13.3. The molecule has 0 amide bonds. The number of benzene rings is 1. The first-order chi connectivity index (χ1) is 10.1. The van der Waals surface area contributed by atoms with Crippen molar-refractivity contribution in [2.24, 2.45) is 5.41 Å². The van der Waals surface area contributed by atoms with E-state index in [2.05, 4.69) is 11.9 Å². The molecule has 2 aliphatic carbocycles. The Morgan fingerprint density at radius 1 is 1.38 bits per heavy atom. The molecular weight excluding hydrogens is 266 g/mol. The number of rotatable bonds is 5. The smallest absolute Gasteiger partial charge is 0.335 e. The lowest BCUT2D eigenvalue weighted by atomic mass is 9.50. The minimum absolute atomic E-state index is 0.347. The van der Waals surface area contributed by atoms with Crippen LogP contribution in [0.1, 0.15) is 41.6 Å². The largest absolute Gasteiger partial charge is 0.478 e. The van der Waals surface area contributed by atoms with Gasteiger partial charge in [-0.15, -0.1) is 0 Å². The molecular formula is C17H23NO3. The molecule has 0 aliphatic heterocycles. The Kier molecular flexibility index (Phi) is 3.76. The molecule has 0 heterocycles. The fraction of sp³-hybridized carbons (Fsp3) is 0.588. The molecule has 0 saturated heterocycles. The van der Waals surface area contributed by atoms with E-state index >= 15 is 0 Å². The van der Waals surface area contributed by atoms with Crippen LogP contribution in [0.25, 0.3) is 0 Å². The second-order valence-electron chi connectivity index (χ2n) is 6.48. The monoisotopic (exact) mass is 289 g/mol. The van der Waals surface area contributed by atoms with Gasteiger partial charge in [-0.05, 0) is 44.0 Å². The Balaban J connectivity index is 1.64. The summed E-state index contributed by atoms with van der Waals surface area (Å²) >= 11 is 0. The van der Waals surface area contributed by atoms with Gasteiger partial charge in [0.05, 0.1) is 11.7 Å². The standard InChI is InChI=1S/C17H23NO3/c1-18(11-12-4-6-13(7-5-12)16(19)20)14-10-15(21-2)17(14)8-3-9-17/h4-7,14-15H,3,8-11H2,1-2H3,(H,19,20)/t14-,15-/m0/s1. The van der Waals surface area contributed by atoms with E-state index in [4.69, 9.17) is 9.84 Å². The number of aromatic carboxylic acids is 1. The number of carbonyl (C=O) groups is 1. The van der Waals surface area contributed by atoms with E-state index in [-0.39, 0.29) is 0 Å². The lowest BCUT2D eigenvalue weighted by Crippen LogP contribution is -2.66. The minimum Gasteiger partial charge on any atom is -0.478 e. The molecule has 4 nitrogen and oxygen atoms in total. The molecule has 1 aromatic carbocycles. The fourth-order valence-corrected chi connectivity index (χ4v) is 4.07. The lowest BCUT2D eigenvalue weighted by molar-refractivity contribution is -0.192. The van der Waals surface area contributed by atoms with E-state index in [1.807, 2.05) is 19.2 Å². The quantitative estimate of drug-likeness (QED) is 0.905. The molecule has 3 rings (SSSR count). The molecule has 2 aliphatic rings. The molecule has 1 aromatic rings. The number of methoxy groups -OCH3 is 1. The Hall–Kier alpha value is -1.39. The van der Waals surface area contributed by atoms with Crippen LogP contribution in [0.5, 0.6) is 0 Å². The number of nitrogens with zero attached hydrogens (tertiary/aromatic N) is 1. The van der Waals surface area contributed by atoms with Crippen LogP contribution in [0, 0.1) is 5.41 Å². The molecule has 0 unspecified atom stereocenters. The van der Waals surface area contributed by atoms with Gasteiger partial charge in [-0.25, -0.2) is 4.79 Å². The Bertz CT molecular complexity index is 521. The first-order valence-corrected chi connectivity index (χ1v) is 7.62. The first-order valence-electron chi connectivity index (χ1n) is 7.62. The number of hydrogen-bond donors (Lipinski definition) is 1. The summed E-state index contributed by atoms with van der Waals surface area (Å²) in [6, 6.07) is 7.79. The molecule has 2 fully saturated rings. The van der Waals surface area contributed by atoms with Gasteiger partial charge in [-0.1, -0.05) is 18.6 Å². The topological polar surface area (TPSA) is 49.8 Å². The van der Waals surface area contributed by atoms with Crippen LogP contribution in [-0.2, 0) is 11.3 Å². The van der Waals surface area contributed by atoms with Crippen molar-refractivity contribution >= 4 is 5.97 Å². The van der Waals surface area contributed by atoms with Crippen molar-refractivity contribution in [2.45, 2.75) is 44.4 Å². The van der Waals surface area contributed by atoms with E-state index in [0.29, 0.717) is 23.1 Å². The zero-order valence-corrected chi connectivity index (χ0v) is 12.7. The summed E-state index contributed by atoms with van der Waals surface area (Å²) in [5, 5.41) is 8.93. The Labute approximate surface area is 125 Å². The third kappa shape index (κ3) is 2.36. The van der Waals surface area contributed by atoms with E-state index in [1.54, 1.807) is 12.1 Å². The third-order valence-corrected chi connectivity index (χ3v) is 5.48. The van der Waals surface area contributed by atoms with Crippen molar-refractivity contribution in [1.82, 2.24) is 4.90 Å². The zero-order chi connectivity index (χ0) is 15.0. The molecule has 2 atom stereocenters. The van der Waals surface area contributed by atoms with Gasteiger partial charge >= 0.3 is 5.97 Å². The highest BCUT2D eigenvalue weighted by atomic mass is 16.5. The van der Waals surface area contributed by atoms with Gasteiger partial charge < -0.3 is 9.84 Å². The predicted octanol–water partition coefficient (Wildman–Crippen LogP) is 2.77. The Morgan fingerprint density at radius 2 is 2.05 bits per heavy atom. The van der Waals surface area contributed by atoms with Gasteiger partial charge in [0.25, 0.3) is 0 Å². The normalized spacial score (nSPS) is 26.4. The molecule has 0 bridgehead atoms. The maximum absolute atomic E-state index is 10.9. The molecule has 1 spiro atoms. The number of carboxylic acids is 1. The molecule has 4 heteroatoms. The van der Waals surface area contributed by atoms with Gasteiger partial charge in [0.2, 0.25) is 0 Å². The molecule has 114 valence electrons. The van der Waals surface area contributed by atoms with Crippen LogP contribution >= 0.6 is 0 Å². The summed E-state index contributed by atoms with van der Waals surface area (Å²) < 4.78 is 5.62.